The van der Waals surface area contributed by atoms with Crippen LogP contribution in [0.4, 0.5) is 10.5 Å². The van der Waals surface area contributed by atoms with E-state index in [1.165, 1.54) is 0 Å². The lowest BCUT2D eigenvalue weighted by molar-refractivity contribution is 0.247. The lowest BCUT2D eigenvalue weighted by Crippen LogP contribution is -2.37. The van der Waals surface area contributed by atoms with Crippen molar-refractivity contribution in [1.82, 2.24) is 10.3 Å². The summed E-state index contributed by atoms with van der Waals surface area (Å²) in [6, 6.07) is 3.57. The first-order valence-corrected chi connectivity index (χ1v) is 6.37. The Morgan fingerprint density at radius 3 is 2.83 bits per heavy atom. The summed E-state index contributed by atoms with van der Waals surface area (Å²) in [5.41, 5.74) is 6.20. The summed E-state index contributed by atoms with van der Waals surface area (Å²) in [7, 11) is 1.74. The van der Waals surface area contributed by atoms with Crippen molar-refractivity contribution >= 4 is 11.7 Å². The number of urea groups is 1. The molecule has 0 aliphatic heterocycles. The van der Waals surface area contributed by atoms with Crippen molar-refractivity contribution < 1.29 is 4.79 Å². The molecule has 1 rings (SSSR count). The van der Waals surface area contributed by atoms with Crippen LogP contribution < -0.4 is 16.0 Å². The molecule has 0 spiro atoms. The van der Waals surface area contributed by atoms with Gasteiger partial charge in [0.15, 0.2) is 0 Å². The standard InChI is InChI=1S/C13H22N4O/c1-17(12-7-6-9-15-11-12)13(18)16-10-5-3-2-4-8-14/h6-7,9,11H,2-5,8,10,14H2,1H3,(H,16,18). The minimum Gasteiger partial charge on any atom is -0.338 e. The Bertz CT molecular complexity index is 342. The molecule has 0 saturated heterocycles. The molecule has 1 aromatic heterocycles. The van der Waals surface area contributed by atoms with Crippen molar-refractivity contribution in [2.24, 2.45) is 5.73 Å². The molecule has 0 atom stereocenters. The fourth-order valence-electron chi connectivity index (χ4n) is 1.61. The predicted octanol–water partition coefficient (Wildman–Crippen LogP) is 1.75. The maximum atomic E-state index is 11.8. The van der Waals surface area contributed by atoms with Crippen LogP contribution in [0, 0.1) is 0 Å². The van der Waals surface area contributed by atoms with E-state index < -0.39 is 0 Å². The van der Waals surface area contributed by atoms with E-state index in [1.807, 2.05) is 12.1 Å². The quantitative estimate of drug-likeness (QED) is 0.724. The topological polar surface area (TPSA) is 71.2 Å². The molecule has 0 aliphatic rings. The monoisotopic (exact) mass is 250 g/mol. The van der Waals surface area contributed by atoms with Gasteiger partial charge in [0.05, 0.1) is 11.9 Å². The van der Waals surface area contributed by atoms with Crippen molar-refractivity contribution in [3.05, 3.63) is 24.5 Å². The average molecular weight is 250 g/mol. The van der Waals surface area contributed by atoms with Crippen molar-refractivity contribution in [2.45, 2.75) is 25.7 Å². The Morgan fingerprint density at radius 2 is 2.17 bits per heavy atom. The van der Waals surface area contributed by atoms with Gasteiger partial charge in [-0.2, -0.15) is 0 Å². The number of hydrogen-bond acceptors (Lipinski definition) is 3. The number of anilines is 1. The Balaban J connectivity index is 2.20. The summed E-state index contributed by atoms with van der Waals surface area (Å²) >= 11 is 0. The number of unbranched alkanes of at least 4 members (excludes halogenated alkanes) is 3. The molecule has 5 heteroatoms. The van der Waals surface area contributed by atoms with Crippen LogP contribution in [-0.2, 0) is 0 Å². The van der Waals surface area contributed by atoms with Gasteiger partial charge in [0.2, 0.25) is 0 Å². The third kappa shape index (κ3) is 5.14. The third-order valence-corrected chi connectivity index (χ3v) is 2.74. The fraction of sp³-hybridized carbons (Fsp3) is 0.538. The molecule has 1 heterocycles. The maximum absolute atomic E-state index is 11.8. The number of nitrogens with zero attached hydrogens (tertiary/aromatic N) is 2. The number of aromatic nitrogens is 1. The van der Waals surface area contributed by atoms with Crippen LogP contribution in [-0.4, -0.2) is 31.2 Å². The minimum atomic E-state index is -0.0955. The second kappa shape index (κ2) is 8.47. The van der Waals surface area contributed by atoms with E-state index in [0.717, 1.165) is 37.9 Å². The summed E-state index contributed by atoms with van der Waals surface area (Å²) in [4.78, 5) is 17.3. The highest BCUT2D eigenvalue weighted by atomic mass is 16.2. The largest absolute Gasteiger partial charge is 0.338 e. The SMILES string of the molecule is CN(C(=O)NCCCCCCN)c1cccnc1. The van der Waals surface area contributed by atoms with Gasteiger partial charge in [-0.15, -0.1) is 0 Å². The summed E-state index contributed by atoms with van der Waals surface area (Å²) in [5.74, 6) is 0. The van der Waals surface area contributed by atoms with Crippen LogP contribution in [0.5, 0.6) is 0 Å². The summed E-state index contributed by atoms with van der Waals surface area (Å²) in [5, 5.41) is 2.89. The van der Waals surface area contributed by atoms with E-state index in [2.05, 4.69) is 10.3 Å². The molecule has 0 aliphatic carbocycles. The summed E-state index contributed by atoms with van der Waals surface area (Å²) < 4.78 is 0. The van der Waals surface area contributed by atoms with Gasteiger partial charge in [0.25, 0.3) is 0 Å². The van der Waals surface area contributed by atoms with Gasteiger partial charge >= 0.3 is 6.03 Å². The zero-order valence-electron chi connectivity index (χ0n) is 10.9. The normalized spacial score (nSPS) is 10.1. The van der Waals surface area contributed by atoms with Crippen LogP contribution in [0.15, 0.2) is 24.5 Å². The van der Waals surface area contributed by atoms with Crippen LogP contribution in [0.1, 0.15) is 25.7 Å². The van der Waals surface area contributed by atoms with Crippen LogP contribution in [0.25, 0.3) is 0 Å². The van der Waals surface area contributed by atoms with Gasteiger partial charge in [-0.05, 0) is 31.5 Å². The molecule has 18 heavy (non-hydrogen) atoms. The maximum Gasteiger partial charge on any atom is 0.321 e. The minimum absolute atomic E-state index is 0.0955. The van der Waals surface area contributed by atoms with Gasteiger partial charge < -0.3 is 11.1 Å². The molecule has 1 aromatic rings. The number of nitrogens with two attached hydrogens (primary N) is 1. The second-order valence-corrected chi connectivity index (χ2v) is 4.21. The molecule has 0 bridgehead atoms. The highest BCUT2D eigenvalue weighted by Gasteiger charge is 2.09. The van der Waals surface area contributed by atoms with Gasteiger partial charge in [0.1, 0.15) is 0 Å². The van der Waals surface area contributed by atoms with Gasteiger partial charge in [-0.3, -0.25) is 9.88 Å². The lowest BCUT2D eigenvalue weighted by Gasteiger charge is -2.17. The Kier molecular flexibility index (Phi) is 6.79. The Hall–Kier alpha value is -1.62. The zero-order chi connectivity index (χ0) is 13.2. The molecule has 5 nitrogen and oxygen atoms in total. The van der Waals surface area contributed by atoms with Crippen molar-refractivity contribution in [3.63, 3.8) is 0 Å². The summed E-state index contributed by atoms with van der Waals surface area (Å²) in [6.45, 7) is 1.45. The van der Waals surface area contributed by atoms with Crippen LogP contribution in [0.2, 0.25) is 0 Å². The average Bonchev–Trinajstić information content (AvgIpc) is 2.42. The molecular weight excluding hydrogens is 228 g/mol. The van der Waals surface area contributed by atoms with Gasteiger partial charge in [0, 0.05) is 19.8 Å². The number of hydrogen-bond donors (Lipinski definition) is 2. The van der Waals surface area contributed by atoms with Crippen molar-refractivity contribution in [3.8, 4) is 0 Å². The number of carbonyl (C=O) groups is 1. The van der Waals surface area contributed by atoms with Crippen molar-refractivity contribution in [1.29, 1.82) is 0 Å². The van der Waals surface area contributed by atoms with E-state index in [0.29, 0.717) is 6.54 Å². The van der Waals surface area contributed by atoms with E-state index in [4.69, 9.17) is 5.73 Å². The van der Waals surface area contributed by atoms with E-state index >= 15 is 0 Å². The second-order valence-electron chi connectivity index (χ2n) is 4.21. The number of amides is 2. The van der Waals surface area contributed by atoms with Crippen molar-refractivity contribution in [2.75, 3.05) is 25.0 Å². The number of rotatable bonds is 7. The van der Waals surface area contributed by atoms with Gasteiger partial charge in [-0.1, -0.05) is 12.8 Å². The third-order valence-electron chi connectivity index (χ3n) is 2.74. The highest BCUT2D eigenvalue weighted by Crippen LogP contribution is 2.08. The smallest absolute Gasteiger partial charge is 0.321 e. The van der Waals surface area contributed by atoms with E-state index in [1.54, 1.807) is 24.3 Å². The Labute approximate surface area is 108 Å². The lowest BCUT2D eigenvalue weighted by atomic mass is 10.2. The first-order chi connectivity index (χ1) is 8.75. The molecule has 2 amide bonds. The predicted molar refractivity (Wildman–Crippen MR) is 73.6 cm³/mol. The molecule has 100 valence electrons. The van der Waals surface area contributed by atoms with Crippen LogP contribution >= 0.6 is 0 Å². The highest BCUT2D eigenvalue weighted by molar-refractivity contribution is 5.91. The molecular formula is C13H22N4O. The molecule has 0 radical (unpaired) electrons. The van der Waals surface area contributed by atoms with E-state index in [-0.39, 0.29) is 6.03 Å². The summed E-state index contributed by atoms with van der Waals surface area (Å²) in [6.07, 6.45) is 7.64. The first-order valence-electron chi connectivity index (χ1n) is 6.37. The molecule has 0 fully saturated rings. The first kappa shape index (κ1) is 14.4. The number of carbonyl (C=O) groups excluding carboxylic acids is 1. The molecule has 0 aromatic carbocycles. The fourth-order valence-corrected chi connectivity index (χ4v) is 1.61. The molecule has 3 N–H and O–H groups in total. The number of nitrogens with one attached hydrogen (secondary N) is 1. The molecule has 0 unspecified atom stereocenters. The Morgan fingerprint density at radius 1 is 1.39 bits per heavy atom. The van der Waals surface area contributed by atoms with Gasteiger partial charge in [-0.25, -0.2) is 4.79 Å². The number of pyridine rings is 1. The zero-order valence-corrected chi connectivity index (χ0v) is 10.9. The molecule has 0 saturated carbocycles. The van der Waals surface area contributed by atoms with E-state index in [9.17, 15) is 4.79 Å². The van der Waals surface area contributed by atoms with Crippen LogP contribution in [0.3, 0.4) is 0 Å².